The molecule has 0 radical (unpaired) electrons. The van der Waals surface area contributed by atoms with Gasteiger partial charge in [-0.1, -0.05) is 20.8 Å². The van der Waals surface area contributed by atoms with Crippen LogP contribution in [0.5, 0.6) is 5.88 Å². The summed E-state index contributed by atoms with van der Waals surface area (Å²) in [6.45, 7) is 9.84. The zero-order valence-electron chi connectivity index (χ0n) is 13.1. The van der Waals surface area contributed by atoms with Crippen molar-refractivity contribution in [1.29, 1.82) is 0 Å². The van der Waals surface area contributed by atoms with E-state index in [9.17, 15) is 0 Å². The van der Waals surface area contributed by atoms with E-state index >= 15 is 0 Å². The standard InChI is InChI=1S/C15H25N3O2/c1-10-12(16-5)17-14(15(2,3)4)18-13(10)20-11-6-8-19-9-7-11/h11H,6-9H2,1-5H3,(H,16,17,18). The molecule has 0 amide bonds. The molecular weight excluding hydrogens is 254 g/mol. The lowest BCUT2D eigenvalue weighted by Crippen LogP contribution is -2.27. The Balaban J connectivity index is 2.30. The van der Waals surface area contributed by atoms with E-state index < -0.39 is 0 Å². The van der Waals surface area contributed by atoms with Crippen LogP contribution >= 0.6 is 0 Å². The molecule has 1 aliphatic heterocycles. The summed E-state index contributed by atoms with van der Waals surface area (Å²) in [6, 6.07) is 0. The second-order valence-electron chi connectivity index (χ2n) is 6.26. The summed E-state index contributed by atoms with van der Waals surface area (Å²) in [6.07, 6.45) is 2.03. The molecule has 1 aliphatic rings. The Morgan fingerprint density at radius 1 is 1.20 bits per heavy atom. The summed E-state index contributed by atoms with van der Waals surface area (Å²) >= 11 is 0. The summed E-state index contributed by atoms with van der Waals surface area (Å²) in [5.41, 5.74) is 0.861. The molecule has 112 valence electrons. The zero-order chi connectivity index (χ0) is 14.8. The van der Waals surface area contributed by atoms with Crippen molar-refractivity contribution < 1.29 is 9.47 Å². The van der Waals surface area contributed by atoms with Gasteiger partial charge in [0.25, 0.3) is 0 Å². The fraction of sp³-hybridized carbons (Fsp3) is 0.733. The molecule has 1 aromatic rings. The summed E-state index contributed by atoms with van der Waals surface area (Å²) in [7, 11) is 1.88. The molecule has 1 saturated heterocycles. The van der Waals surface area contributed by atoms with Gasteiger partial charge in [0.05, 0.1) is 18.8 Å². The van der Waals surface area contributed by atoms with Gasteiger partial charge >= 0.3 is 0 Å². The zero-order valence-corrected chi connectivity index (χ0v) is 13.1. The van der Waals surface area contributed by atoms with Gasteiger partial charge in [-0.05, 0) is 6.92 Å². The Morgan fingerprint density at radius 2 is 1.85 bits per heavy atom. The van der Waals surface area contributed by atoms with E-state index in [1.165, 1.54) is 0 Å². The number of rotatable bonds is 3. The predicted molar refractivity (Wildman–Crippen MR) is 79.5 cm³/mol. The molecule has 5 nitrogen and oxygen atoms in total. The van der Waals surface area contributed by atoms with Crippen LogP contribution in [0.2, 0.25) is 0 Å². The van der Waals surface area contributed by atoms with Gasteiger partial charge < -0.3 is 14.8 Å². The first-order chi connectivity index (χ1) is 9.41. The van der Waals surface area contributed by atoms with Crippen LogP contribution in [0, 0.1) is 6.92 Å². The molecule has 1 fully saturated rings. The molecule has 0 atom stereocenters. The average Bonchev–Trinajstić information content (AvgIpc) is 2.41. The molecule has 2 rings (SSSR count). The average molecular weight is 279 g/mol. The smallest absolute Gasteiger partial charge is 0.222 e. The van der Waals surface area contributed by atoms with Crippen LogP contribution in [0.4, 0.5) is 5.82 Å². The number of nitrogens with one attached hydrogen (secondary N) is 1. The SMILES string of the molecule is CNc1nc(C(C)(C)C)nc(OC2CCOCC2)c1C. The number of ether oxygens (including phenoxy) is 2. The minimum Gasteiger partial charge on any atom is -0.474 e. The molecule has 2 heterocycles. The Hall–Kier alpha value is -1.36. The maximum Gasteiger partial charge on any atom is 0.222 e. The molecule has 0 aliphatic carbocycles. The van der Waals surface area contributed by atoms with Crippen molar-refractivity contribution in [2.75, 3.05) is 25.6 Å². The Bertz CT molecular complexity index is 463. The fourth-order valence-electron chi connectivity index (χ4n) is 2.14. The van der Waals surface area contributed by atoms with Crippen molar-refractivity contribution in [1.82, 2.24) is 9.97 Å². The van der Waals surface area contributed by atoms with Crippen molar-refractivity contribution in [2.24, 2.45) is 0 Å². The minimum atomic E-state index is -0.104. The Morgan fingerprint density at radius 3 is 2.40 bits per heavy atom. The van der Waals surface area contributed by atoms with Gasteiger partial charge in [-0.15, -0.1) is 0 Å². The summed E-state index contributed by atoms with van der Waals surface area (Å²) < 4.78 is 11.5. The third-order valence-electron chi connectivity index (χ3n) is 3.46. The van der Waals surface area contributed by atoms with Crippen molar-refractivity contribution in [3.05, 3.63) is 11.4 Å². The van der Waals surface area contributed by atoms with Gasteiger partial charge in [-0.25, -0.2) is 4.98 Å². The number of hydrogen-bond donors (Lipinski definition) is 1. The highest BCUT2D eigenvalue weighted by molar-refractivity contribution is 5.48. The van der Waals surface area contributed by atoms with E-state index in [1.807, 2.05) is 14.0 Å². The maximum atomic E-state index is 6.09. The van der Waals surface area contributed by atoms with E-state index in [2.05, 4.69) is 36.1 Å². The van der Waals surface area contributed by atoms with Gasteiger partial charge in [-0.3, -0.25) is 0 Å². The lowest BCUT2D eigenvalue weighted by atomic mass is 9.95. The molecule has 20 heavy (non-hydrogen) atoms. The predicted octanol–water partition coefficient (Wildman–Crippen LogP) is 2.68. The Kier molecular flexibility index (Phi) is 4.48. The van der Waals surface area contributed by atoms with E-state index in [0.29, 0.717) is 5.88 Å². The van der Waals surface area contributed by atoms with Crippen LogP contribution in [-0.4, -0.2) is 36.3 Å². The molecule has 1 N–H and O–H groups in total. The molecule has 1 aromatic heterocycles. The van der Waals surface area contributed by atoms with Crippen LogP contribution in [-0.2, 0) is 10.2 Å². The van der Waals surface area contributed by atoms with Gasteiger partial charge in [0.1, 0.15) is 17.7 Å². The first-order valence-corrected chi connectivity index (χ1v) is 7.23. The highest BCUT2D eigenvalue weighted by Crippen LogP contribution is 2.29. The second-order valence-corrected chi connectivity index (χ2v) is 6.26. The molecule has 0 spiro atoms. The summed E-state index contributed by atoms with van der Waals surface area (Å²) in [5, 5.41) is 3.13. The number of anilines is 1. The summed E-state index contributed by atoms with van der Waals surface area (Å²) in [4.78, 5) is 9.22. The molecule has 0 unspecified atom stereocenters. The normalized spacial score (nSPS) is 17.1. The van der Waals surface area contributed by atoms with Gasteiger partial charge in [0.2, 0.25) is 5.88 Å². The molecule has 0 saturated carbocycles. The maximum absolute atomic E-state index is 6.09. The van der Waals surface area contributed by atoms with E-state index in [0.717, 1.165) is 43.3 Å². The van der Waals surface area contributed by atoms with Gasteiger partial charge in [-0.2, -0.15) is 4.98 Å². The topological polar surface area (TPSA) is 56.3 Å². The van der Waals surface area contributed by atoms with E-state index in [-0.39, 0.29) is 11.5 Å². The molecule has 0 aromatic carbocycles. The first-order valence-electron chi connectivity index (χ1n) is 7.23. The highest BCUT2D eigenvalue weighted by atomic mass is 16.5. The van der Waals surface area contributed by atoms with Crippen LogP contribution < -0.4 is 10.1 Å². The molecule has 0 bridgehead atoms. The minimum absolute atomic E-state index is 0.104. The third kappa shape index (κ3) is 3.39. The molecular formula is C15H25N3O2. The quantitative estimate of drug-likeness (QED) is 0.922. The number of nitrogens with zero attached hydrogens (tertiary/aromatic N) is 2. The van der Waals surface area contributed by atoms with Gasteiger partial charge in [0.15, 0.2) is 0 Å². The Labute approximate surface area is 121 Å². The first kappa shape index (κ1) is 15.0. The molecule has 5 heteroatoms. The lowest BCUT2D eigenvalue weighted by molar-refractivity contribution is 0.0232. The van der Waals surface area contributed by atoms with Crippen LogP contribution in [0.15, 0.2) is 0 Å². The van der Waals surface area contributed by atoms with Crippen LogP contribution in [0.3, 0.4) is 0 Å². The lowest BCUT2D eigenvalue weighted by Gasteiger charge is -2.25. The van der Waals surface area contributed by atoms with Crippen molar-refractivity contribution in [2.45, 2.75) is 52.1 Å². The second kappa shape index (κ2) is 5.95. The van der Waals surface area contributed by atoms with E-state index in [1.54, 1.807) is 0 Å². The number of hydrogen-bond acceptors (Lipinski definition) is 5. The third-order valence-corrected chi connectivity index (χ3v) is 3.46. The number of aromatic nitrogens is 2. The van der Waals surface area contributed by atoms with Crippen molar-refractivity contribution in [3.63, 3.8) is 0 Å². The van der Waals surface area contributed by atoms with Crippen LogP contribution in [0.25, 0.3) is 0 Å². The van der Waals surface area contributed by atoms with Crippen molar-refractivity contribution in [3.8, 4) is 5.88 Å². The monoisotopic (exact) mass is 279 g/mol. The largest absolute Gasteiger partial charge is 0.474 e. The van der Waals surface area contributed by atoms with Gasteiger partial charge in [0, 0.05) is 25.3 Å². The fourth-order valence-corrected chi connectivity index (χ4v) is 2.14. The highest BCUT2D eigenvalue weighted by Gasteiger charge is 2.23. The van der Waals surface area contributed by atoms with Crippen molar-refractivity contribution >= 4 is 5.82 Å². The summed E-state index contributed by atoms with van der Waals surface area (Å²) in [5.74, 6) is 2.34. The van der Waals surface area contributed by atoms with Crippen LogP contribution in [0.1, 0.15) is 45.0 Å². The van der Waals surface area contributed by atoms with E-state index in [4.69, 9.17) is 9.47 Å².